The number of halogens is 3. The molecule has 42 heavy (non-hydrogen) atoms. The zero-order valence-electron chi connectivity index (χ0n) is 23.8. The van der Waals surface area contributed by atoms with Crippen LogP contribution in [0.25, 0.3) is 0 Å². The average molecular weight is 655 g/mol. The van der Waals surface area contributed by atoms with Gasteiger partial charge in [0.2, 0.25) is 11.8 Å². The molecule has 0 aliphatic rings. The zero-order valence-corrected chi connectivity index (χ0v) is 26.9. The van der Waals surface area contributed by atoms with Crippen LogP contribution in [0.2, 0.25) is 15.1 Å². The number of carbonyl (C=O) groups excluding carboxylic acids is 2. The number of rotatable bonds is 13. The number of sulfonamides is 1. The van der Waals surface area contributed by atoms with Crippen molar-refractivity contribution < 1.29 is 22.7 Å². The third kappa shape index (κ3) is 8.31. The number of carbonyl (C=O) groups is 2. The van der Waals surface area contributed by atoms with Gasteiger partial charge in [0.25, 0.3) is 10.0 Å². The number of ether oxygens (including phenoxy) is 1. The van der Waals surface area contributed by atoms with Crippen LogP contribution in [0.15, 0.2) is 71.6 Å². The molecule has 2 amide bonds. The second kappa shape index (κ2) is 15.0. The number of para-hydroxylation sites is 2. The topological polar surface area (TPSA) is 96.0 Å². The Hall–Kier alpha value is -2.98. The molecule has 226 valence electrons. The van der Waals surface area contributed by atoms with Crippen molar-refractivity contribution >= 4 is 62.3 Å². The van der Waals surface area contributed by atoms with Gasteiger partial charge in [-0.25, -0.2) is 8.42 Å². The van der Waals surface area contributed by atoms with Crippen molar-refractivity contribution in [1.82, 2.24) is 10.2 Å². The van der Waals surface area contributed by atoms with Crippen molar-refractivity contribution in [3.05, 3.63) is 87.4 Å². The molecule has 3 rings (SSSR count). The van der Waals surface area contributed by atoms with Crippen LogP contribution in [0.4, 0.5) is 5.69 Å². The van der Waals surface area contributed by atoms with Crippen LogP contribution >= 0.6 is 34.8 Å². The van der Waals surface area contributed by atoms with Gasteiger partial charge in [-0.05, 0) is 81.3 Å². The van der Waals surface area contributed by atoms with Crippen molar-refractivity contribution in [1.29, 1.82) is 0 Å². The Morgan fingerprint density at radius 2 is 1.60 bits per heavy atom. The van der Waals surface area contributed by atoms with Crippen molar-refractivity contribution in [2.75, 3.05) is 17.5 Å². The van der Waals surface area contributed by atoms with Crippen LogP contribution in [0, 0.1) is 0 Å². The Bertz CT molecular complexity index is 1500. The quantitative estimate of drug-likeness (QED) is 0.225. The van der Waals surface area contributed by atoms with Crippen LogP contribution < -0.4 is 14.4 Å². The minimum absolute atomic E-state index is 0.0211. The molecule has 0 spiro atoms. The van der Waals surface area contributed by atoms with Gasteiger partial charge in [-0.15, -0.1) is 0 Å². The third-order valence-corrected chi connectivity index (χ3v) is 9.38. The Kier molecular flexibility index (Phi) is 11.9. The van der Waals surface area contributed by atoms with E-state index in [9.17, 15) is 18.0 Å². The Morgan fingerprint density at radius 3 is 2.21 bits per heavy atom. The van der Waals surface area contributed by atoms with Gasteiger partial charge >= 0.3 is 0 Å². The van der Waals surface area contributed by atoms with E-state index in [0.29, 0.717) is 22.0 Å². The smallest absolute Gasteiger partial charge is 0.264 e. The van der Waals surface area contributed by atoms with E-state index in [1.54, 1.807) is 56.3 Å². The Balaban J connectivity index is 2.09. The normalized spacial score (nSPS) is 12.7. The van der Waals surface area contributed by atoms with Gasteiger partial charge in [0.05, 0.1) is 27.2 Å². The van der Waals surface area contributed by atoms with E-state index in [1.165, 1.54) is 29.2 Å². The van der Waals surface area contributed by atoms with E-state index in [0.717, 1.165) is 4.31 Å². The first-order valence-corrected chi connectivity index (χ1v) is 16.0. The fourth-order valence-electron chi connectivity index (χ4n) is 4.07. The highest BCUT2D eigenvalue weighted by molar-refractivity contribution is 7.92. The first kappa shape index (κ1) is 33.5. The van der Waals surface area contributed by atoms with Crippen molar-refractivity contribution in [3.63, 3.8) is 0 Å². The van der Waals surface area contributed by atoms with Gasteiger partial charge in [-0.3, -0.25) is 13.9 Å². The molecular formula is C30H34Cl3N3O5S. The van der Waals surface area contributed by atoms with Crippen LogP contribution in [0.3, 0.4) is 0 Å². The summed E-state index contributed by atoms with van der Waals surface area (Å²) >= 11 is 18.3. The van der Waals surface area contributed by atoms with Crippen molar-refractivity contribution in [2.24, 2.45) is 0 Å². The number of amides is 2. The number of hydrogen-bond donors (Lipinski definition) is 1. The molecule has 2 atom stereocenters. The van der Waals surface area contributed by atoms with E-state index < -0.39 is 28.5 Å². The fraction of sp³-hybridized carbons (Fsp3) is 0.333. The second-order valence-corrected chi connectivity index (χ2v) is 12.7. The molecule has 0 unspecified atom stereocenters. The summed E-state index contributed by atoms with van der Waals surface area (Å²) in [5, 5.41) is 3.89. The summed E-state index contributed by atoms with van der Waals surface area (Å²) in [6.45, 7) is 6.81. The summed E-state index contributed by atoms with van der Waals surface area (Å²) in [7, 11) is -4.29. The average Bonchev–Trinajstić information content (AvgIpc) is 2.96. The van der Waals surface area contributed by atoms with Gasteiger partial charge in [0.1, 0.15) is 18.3 Å². The molecule has 8 nitrogen and oxygen atoms in total. The molecule has 3 aromatic rings. The molecule has 0 aromatic heterocycles. The third-order valence-electron chi connectivity index (χ3n) is 6.62. The molecule has 0 saturated heterocycles. The van der Waals surface area contributed by atoms with Gasteiger partial charge in [0, 0.05) is 17.6 Å². The van der Waals surface area contributed by atoms with Crippen LogP contribution in [-0.2, 0) is 26.2 Å². The molecule has 0 fully saturated rings. The summed E-state index contributed by atoms with van der Waals surface area (Å²) in [6, 6.07) is 16.0. The minimum Gasteiger partial charge on any atom is -0.492 e. The monoisotopic (exact) mass is 653 g/mol. The lowest BCUT2D eigenvalue weighted by Crippen LogP contribution is -2.52. The maximum absolute atomic E-state index is 14.1. The van der Waals surface area contributed by atoms with E-state index >= 15 is 0 Å². The number of benzene rings is 3. The fourth-order valence-corrected chi connectivity index (χ4v) is 5.94. The molecule has 1 N–H and O–H groups in total. The highest BCUT2D eigenvalue weighted by Crippen LogP contribution is 2.33. The molecule has 0 radical (unpaired) electrons. The van der Waals surface area contributed by atoms with Crippen molar-refractivity contribution in [3.8, 4) is 5.75 Å². The number of nitrogens with one attached hydrogen (secondary N) is 1. The molecule has 0 bridgehead atoms. The first-order chi connectivity index (χ1) is 19.9. The van der Waals surface area contributed by atoms with Crippen LogP contribution in [0.1, 0.15) is 39.7 Å². The zero-order chi connectivity index (χ0) is 31.0. The predicted octanol–water partition coefficient (Wildman–Crippen LogP) is 6.57. The summed E-state index contributed by atoms with van der Waals surface area (Å²) in [5.41, 5.74) is 0.789. The largest absolute Gasteiger partial charge is 0.492 e. The van der Waals surface area contributed by atoms with Crippen molar-refractivity contribution in [2.45, 2.75) is 57.6 Å². The molecule has 0 aliphatic carbocycles. The summed E-state index contributed by atoms with van der Waals surface area (Å²) in [4.78, 5) is 28.6. The maximum atomic E-state index is 14.1. The first-order valence-electron chi connectivity index (χ1n) is 13.4. The Morgan fingerprint density at radius 1 is 0.929 bits per heavy atom. The van der Waals surface area contributed by atoms with E-state index in [2.05, 4.69) is 5.32 Å². The standard InChI is InChI=1S/C30H34Cl3N3O5S/c1-5-20(3)34-30(38)21(4)35(18-22-11-16-25(32)26(33)17-22)29(37)19-36(27-9-7-8-10-28(27)41-6-2)42(39,40)24-14-12-23(31)13-15-24/h7-17,20-21H,5-6,18-19H2,1-4H3,(H,34,38)/t20-,21+/m1/s1. The predicted molar refractivity (Wildman–Crippen MR) is 168 cm³/mol. The summed E-state index contributed by atoms with van der Waals surface area (Å²) < 4.78 is 34.8. The number of nitrogens with zero attached hydrogens (tertiary/aromatic N) is 2. The highest BCUT2D eigenvalue weighted by atomic mass is 35.5. The lowest BCUT2D eigenvalue weighted by molar-refractivity contribution is -0.139. The minimum atomic E-state index is -4.29. The lowest BCUT2D eigenvalue weighted by atomic mass is 10.1. The number of anilines is 1. The Labute approximate surface area is 262 Å². The molecule has 0 aliphatic heterocycles. The molecule has 12 heteroatoms. The summed E-state index contributed by atoms with van der Waals surface area (Å²) in [6.07, 6.45) is 0.695. The highest BCUT2D eigenvalue weighted by Gasteiger charge is 2.34. The molecule has 0 heterocycles. The lowest BCUT2D eigenvalue weighted by Gasteiger charge is -2.33. The maximum Gasteiger partial charge on any atom is 0.264 e. The SMILES string of the molecule is CCOc1ccccc1N(CC(=O)N(Cc1ccc(Cl)c(Cl)c1)[C@@H](C)C(=O)N[C@H](C)CC)S(=O)(=O)c1ccc(Cl)cc1. The van der Waals surface area contributed by atoms with E-state index in [-0.39, 0.29) is 46.5 Å². The van der Waals surface area contributed by atoms with E-state index in [1.807, 2.05) is 13.8 Å². The summed E-state index contributed by atoms with van der Waals surface area (Å²) in [5.74, 6) is -0.708. The van der Waals surface area contributed by atoms with E-state index in [4.69, 9.17) is 39.5 Å². The number of hydrogen-bond acceptors (Lipinski definition) is 5. The van der Waals surface area contributed by atoms with Gasteiger partial charge < -0.3 is 15.0 Å². The van der Waals surface area contributed by atoms with Gasteiger partial charge in [-0.2, -0.15) is 0 Å². The van der Waals surface area contributed by atoms with Gasteiger partial charge in [-0.1, -0.05) is 59.9 Å². The molecular weight excluding hydrogens is 621 g/mol. The van der Waals surface area contributed by atoms with Crippen LogP contribution in [0.5, 0.6) is 5.75 Å². The van der Waals surface area contributed by atoms with Gasteiger partial charge in [0.15, 0.2) is 0 Å². The molecule has 0 saturated carbocycles. The second-order valence-electron chi connectivity index (χ2n) is 9.63. The van der Waals surface area contributed by atoms with Crippen LogP contribution in [-0.4, -0.2) is 50.4 Å². The molecule has 3 aromatic carbocycles.